The van der Waals surface area contributed by atoms with Crippen molar-refractivity contribution >= 4 is 43.3 Å². The molecule has 0 aliphatic carbocycles. The Labute approximate surface area is 181 Å². The maximum absolute atomic E-state index is 11.1. The van der Waals surface area contributed by atoms with Crippen LogP contribution in [0.2, 0.25) is 0 Å². The highest BCUT2D eigenvalue weighted by atomic mass is 32.1. The van der Waals surface area contributed by atoms with Gasteiger partial charge in [-0.3, -0.25) is 10.1 Å². The van der Waals surface area contributed by atoms with E-state index in [-0.39, 0.29) is 5.69 Å². The molecule has 0 aliphatic rings. The predicted octanol–water partition coefficient (Wildman–Crippen LogP) is 6.47. The SMILES string of the molecule is Cc1ccc(-c2c/c(=N\c3nc4ccc([N+](=O)[O-])cc4s3)c3cc(C)ccc3o2)cc1. The average Bonchev–Trinajstić information content (AvgIpc) is 3.16. The lowest BCUT2D eigenvalue weighted by molar-refractivity contribution is -0.384. The van der Waals surface area contributed by atoms with E-state index in [4.69, 9.17) is 9.41 Å². The third-order valence-electron chi connectivity index (χ3n) is 5.02. The van der Waals surface area contributed by atoms with Gasteiger partial charge in [0.2, 0.25) is 5.13 Å². The fourth-order valence-electron chi connectivity index (χ4n) is 3.40. The van der Waals surface area contributed by atoms with Gasteiger partial charge in [-0.15, -0.1) is 0 Å². The molecule has 0 saturated heterocycles. The minimum atomic E-state index is -0.404. The molecule has 0 saturated carbocycles. The van der Waals surface area contributed by atoms with Gasteiger partial charge in [0.05, 0.1) is 20.5 Å². The molecule has 7 heteroatoms. The summed E-state index contributed by atoms with van der Waals surface area (Å²) < 4.78 is 6.90. The van der Waals surface area contributed by atoms with Crippen molar-refractivity contribution in [1.82, 2.24) is 4.98 Å². The van der Waals surface area contributed by atoms with E-state index in [1.54, 1.807) is 6.07 Å². The maximum Gasteiger partial charge on any atom is 0.270 e. The van der Waals surface area contributed by atoms with Gasteiger partial charge in [-0.05, 0) is 32.0 Å². The first-order valence-corrected chi connectivity index (χ1v) is 10.5. The minimum absolute atomic E-state index is 0.0453. The van der Waals surface area contributed by atoms with Crippen molar-refractivity contribution in [2.45, 2.75) is 13.8 Å². The highest BCUT2D eigenvalue weighted by Crippen LogP contribution is 2.31. The molecule has 152 valence electrons. The van der Waals surface area contributed by atoms with Crippen molar-refractivity contribution in [3.8, 4) is 11.3 Å². The fourth-order valence-corrected chi connectivity index (χ4v) is 4.28. The highest BCUT2D eigenvalue weighted by Gasteiger charge is 2.11. The molecule has 0 radical (unpaired) electrons. The molecule has 5 rings (SSSR count). The summed E-state index contributed by atoms with van der Waals surface area (Å²) in [5.41, 5.74) is 4.71. The maximum atomic E-state index is 11.1. The summed E-state index contributed by atoms with van der Waals surface area (Å²) in [7, 11) is 0. The van der Waals surface area contributed by atoms with Crippen LogP contribution in [0.15, 0.2) is 76.1 Å². The molecule has 31 heavy (non-hydrogen) atoms. The topological polar surface area (TPSA) is 81.5 Å². The Kier molecular flexibility index (Phi) is 4.60. The average molecular weight is 427 g/mol. The Morgan fingerprint density at radius 1 is 0.968 bits per heavy atom. The summed E-state index contributed by atoms with van der Waals surface area (Å²) in [6.07, 6.45) is 0. The molecule has 6 nitrogen and oxygen atoms in total. The molecule has 3 aromatic carbocycles. The number of aromatic nitrogens is 1. The van der Waals surface area contributed by atoms with Gasteiger partial charge in [-0.2, -0.15) is 0 Å². The number of non-ortho nitro benzene ring substituents is 1. The Balaban J connectivity index is 1.73. The Morgan fingerprint density at radius 3 is 2.52 bits per heavy atom. The van der Waals surface area contributed by atoms with Crippen molar-refractivity contribution < 1.29 is 9.34 Å². The van der Waals surface area contributed by atoms with E-state index >= 15 is 0 Å². The summed E-state index contributed by atoms with van der Waals surface area (Å²) in [6, 6.07) is 20.7. The molecule has 0 atom stereocenters. The molecular formula is C24H17N3O3S. The Hall–Kier alpha value is -3.84. The number of hydrogen-bond donors (Lipinski definition) is 0. The minimum Gasteiger partial charge on any atom is -0.456 e. The smallest absolute Gasteiger partial charge is 0.270 e. The van der Waals surface area contributed by atoms with E-state index in [0.717, 1.165) is 32.2 Å². The number of benzene rings is 3. The van der Waals surface area contributed by atoms with E-state index in [0.29, 0.717) is 16.4 Å². The molecule has 0 spiro atoms. The molecule has 0 unspecified atom stereocenters. The fraction of sp³-hybridized carbons (Fsp3) is 0.0833. The van der Waals surface area contributed by atoms with Crippen molar-refractivity contribution in [1.29, 1.82) is 0 Å². The number of nitro groups is 1. The lowest BCUT2D eigenvalue weighted by Crippen LogP contribution is -2.03. The Morgan fingerprint density at radius 2 is 1.74 bits per heavy atom. The van der Waals surface area contributed by atoms with Crippen LogP contribution in [-0.2, 0) is 0 Å². The first-order valence-electron chi connectivity index (χ1n) is 9.67. The summed E-state index contributed by atoms with van der Waals surface area (Å²) in [4.78, 5) is 20.0. The van der Waals surface area contributed by atoms with E-state index in [1.165, 1.54) is 29.0 Å². The number of rotatable bonds is 3. The Bertz CT molecular complexity index is 1530. The normalized spacial score (nSPS) is 12.0. The van der Waals surface area contributed by atoms with Crippen LogP contribution >= 0.6 is 11.3 Å². The summed E-state index contributed by atoms with van der Waals surface area (Å²) >= 11 is 1.33. The van der Waals surface area contributed by atoms with Crippen molar-refractivity contribution in [2.24, 2.45) is 4.99 Å². The molecule has 5 aromatic rings. The first-order chi connectivity index (χ1) is 15.0. The van der Waals surface area contributed by atoms with E-state index in [1.807, 2.05) is 62.4 Å². The quantitative estimate of drug-likeness (QED) is 0.244. The van der Waals surface area contributed by atoms with E-state index in [9.17, 15) is 10.1 Å². The van der Waals surface area contributed by atoms with Gasteiger partial charge in [0.1, 0.15) is 11.3 Å². The number of nitrogens with zero attached hydrogens (tertiary/aromatic N) is 3. The van der Waals surface area contributed by atoms with Gasteiger partial charge in [-0.1, -0.05) is 52.8 Å². The summed E-state index contributed by atoms with van der Waals surface area (Å²) in [5.74, 6) is 0.715. The van der Waals surface area contributed by atoms with Crippen LogP contribution in [-0.4, -0.2) is 9.91 Å². The first kappa shape index (κ1) is 19.1. The largest absolute Gasteiger partial charge is 0.456 e. The second kappa shape index (κ2) is 7.45. The monoisotopic (exact) mass is 427 g/mol. The number of thiazole rings is 1. The number of nitro benzene ring substituents is 1. The highest BCUT2D eigenvalue weighted by molar-refractivity contribution is 7.21. The number of aryl methyl sites for hydroxylation is 2. The number of hydrogen-bond acceptors (Lipinski definition) is 6. The zero-order chi connectivity index (χ0) is 21.5. The van der Waals surface area contributed by atoms with Crippen LogP contribution in [0.4, 0.5) is 10.8 Å². The standard InChI is InChI=1S/C24H17N3O3S/c1-14-3-6-16(7-4-14)22-13-20(18-11-15(2)5-10-21(18)30-22)26-24-25-19-9-8-17(27(28)29)12-23(19)31-24/h3-13H,1-2H3/b26-20+. The van der Waals surface area contributed by atoms with Crippen molar-refractivity contribution in [3.05, 3.63) is 93.3 Å². The zero-order valence-corrected chi connectivity index (χ0v) is 17.6. The molecule has 0 N–H and O–H groups in total. The summed E-state index contributed by atoms with van der Waals surface area (Å²) in [6.45, 7) is 4.07. The van der Waals surface area contributed by atoms with Crippen LogP contribution in [0.25, 0.3) is 32.5 Å². The molecule has 0 fully saturated rings. The van der Waals surface area contributed by atoms with Gasteiger partial charge >= 0.3 is 0 Å². The molecule has 0 bridgehead atoms. The predicted molar refractivity (Wildman–Crippen MR) is 123 cm³/mol. The molecule has 2 heterocycles. The van der Waals surface area contributed by atoms with Crippen LogP contribution < -0.4 is 5.36 Å². The van der Waals surface area contributed by atoms with Crippen LogP contribution in [0, 0.1) is 24.0 Å². The lowest BCUT2D eigenvalue weighted by atomic mass is 10.1. The van der Waals surface area contributed by atoms with Gasteiger partial charge in [0.25, 0.3) is 5.69 Å². The van der Waals surface area contributed by atoms with Gasteiger partial charge < -0.3 is 4.42 Å². The van der Waals surface area contributed by atoms with Gasteiger partial charge in [0, 0.05) is 29.1 Å². The van der Waals surface area contributed by atoms with Crippen LogP contribution in [0.3, 0.4) is 0 Å². The number of fused-ring (bicyclic) bond motifs is 2. The van der Waals surface area contributed by atoms with E-state index < -0.39 is 4.92 Å². The van der Waals surface area contributed by atoms with Gasteiger partial charge in [-0.25, -0.2) is 9.98 Å². The molecular weight excluding hydrogens is 410 g/mol. The van der Waals surface area contributed by atoms with Crippen molar-refractivity contribution in [3.63, 3.8) is 0 Å². The lowest BCUT2D eigenvalue weighted by Gasteiger charge is -2.06. The summed E-state index contributed by atoms with van der Waals surface area (Å²) in [5, 5.41) is 13.2. The third kappa shape index (κ3) is 3.71. The zero-order valence-electron chi connectivity index (χ0n) is 16.8. The molecule has 2 aromatic heterocycles. The molecule has 0 amide bonds. The van der Waals surface area contributed by atoms with Crippen LogP contribution in [0.5, 0.6) is 0 Å². The van der Waals surface area contributed by atoms with Crippen molar-refractivity contribution in [2.75, 3.05) is 0 Å². The van der Waals surface area contributed by atoms with E-state index in [2.05, 4.69) is 4.98 Å². The molecule has 0 aliphatic heterocycles. The van der Waals surface area contributed by atoms with Gasteiger partial charge in [0.15, 0.2) is 0 Å². The second-order valence-electron chi connectivity index (χ2n) is 7.38. The third-order valence-corrected chi connectivity index (χ3v) is 5.93. The van der Waals surface area contributed by atoms with Crippen LogP contribution in [0.1, 0.15) is 11.1 Å². The second-order valence-corrected chi connectivity index (χ2v) is 8.39.